The molecule has 3 nitrogen and oxygen atoms in total. The lowest BCUT2D eigenvalue weighted by Gasteiger charge is -2.37. The third-order valence-corrected chi connectivity index (χ3v) is 4.42. The van der Waals surface area contributed by atoms with Crippen molar-refractivity contribution < 1.29 is 4.79 Å². The summed E-state index contributed by atoms with van der Waals surface area (Å²) in [5.41, 5.74) is 5.44. The average molecular weight is 295 g/mol. The highest BCUT2D eigenvalue weighted by Gasteiger charge is 2.29. The molecule has 0 unspecified atom stereocenters. The lowest BCUT2D eigenvalue weighted by Crippen LogP contribution is -2.46. The molecule has 0 spiro atoms. The summed E-state index contributed by atoms with van der Waals surface area (Å²) in [6.07, 6.45) is 5.11. The van der Waals surface area contributed by atoms with Crippen LogP contribution in [0.25, 0.3) is 0 Å². The van der Waals surface area contributed by atoms with Gasteiger partial charge in [0, 0.05) is 30.0 Å². The van der Waals surface area contributed by atoms with Crippen LogP contribution in [-0.4, -0.2) is 40.9 Å². The molecule has 1 heterocycles. The zero-order valence-electron chi connectivity index (χ0n) is 11.6. The lowest BCUT2D eigenvalue weighted by atomic mass is 10.1. The molecule has 0 atom stereocenters. The standard InChI is InChI=1S/C13H26N2OS.ClH/c1-13(2)11-15(9-10-17-13)12(16)7-5-3-4-6-8-14;/h3-11,14H2,1-2H3;1H. The zero-order chi connectivity index (χ0) is 12.7. The highest BCUT2D eigenvalue weighted by molar-refractivity contribution is 8.00. The molecule has 1 amide bonds. The van der Waals surface area contributed by atoms with Crippen LogP contribution in [0.5, 0.6) is 0 Å². The maximum atomic E-state index is 12.0. The molecule has 0 aromatic carbocycles. The predicted molar refractivity (Wildman–Crippen MR) is 82.5 cm³/mol. The van der Waals surface area contributed by atoms with Crippen molar-refractivity contribution in [1.29, 1.82) is 0 Å². The Morgan fingerprint density at radius 1 is 1.28 bits per heavy atom. The maximum absolute atomic E-state index is 12.0. The second-order valence-corrected chi connectivity index (χ2v) is 7.18. The summed E-state index contributed by atoms with van der Waals surface area (Å²) < 4.78 is 0.230. The van der Waals surface area contributed by atoms with Crippen molar-refractivity contribution in [2.75, 3.05) is 25.4 Å². The van der Waals surface area contributed by atoms with Gasteiger partial charge in [0.1, 0.15) is 0 Å². The minimum absolute atomic E-state index is 0. The number of hydrogen-bond donors (Lipinski definition) is 1. The molecule has 5 heteroatoms. The summed E-state index contributed by atoms with van der Waals surface area (Å²) in [6.45, 7) is 7.04. The largest absolute Gasteiger partial charge is 0.341 e. The Kier molecular flexibility index (Phi) is 9.09. The van der Waals surface area contributed by atoms with Gasteiger partial charge < -0.3 is 10.6 Å². The Labute approximate surface area is 122 Å². The molecule has 1 aliphatic rings. The molecule has 0 radical (unpaired) electrons. The molecule has 0 saturated carbocycles. The van der Waals surface area contributed by atoms with Crippen LogP contribution in [0.4, 0.5) is 0 Å². The fraction of sp³-hybridized carbons (Fsp3) is 0.923. The minimum atomic E-state index is 0. The first-order chi connectivity index (χ1) is 8.05. The maximum Gasteiger partial charge on any atom is 0.222 e. The van der Waals surface area contributed by atoms with Gasteiger partial charge in [0.15, 0.2) is 0 Å². The van der Waals surface area contributed by atoms with Crippen LogP contribution < -0.4 is 5.73 Å². The second kappa shape index (κ2) is 9.05. The zero-order valence-corrected chi connectivity index (χ0v) is 13.2. The van der Waals surface area contributed by atoms with Crippen LogP contribution >= 0.6 is 24.2 Å². The number of nitrogens with zero attached hydrogens (tertiary/aromatic N) is 1. The molecule has 1 rings (SSSR count). The molecule has 0 aliphatic carbocycles. The van der Waals surface area contributed by atoms with Gasteiger partial charge in [0.05, 0.1) is 0 Å². The van der Waals surface area contributed by atoms with E-state index in [1.54, 1.807) is 0 Å². The summed E-state index contributed by atoms with van der Waals surface area (Å²) in [4.78, 5) is 14.1. The first-order valence-corrected chi connectivity index (χ1v) is 7.65. The monoisotopic (exact) mass is 294 g/mol. The number of halogens is 1. The van der Waals surface area contributed by atoms with Crippen molar-refractivity contribution >= 4 is 30.1 Å². The Morgan fingerprint density at radius 2 is 1.94 bits per heavy atom. The molecule has 2 N–H and O–H groups in total. The Bertz CT molecular complexity index is 249. The van der Waals surface area contributed by atoms with Gasteiger partial charge in [0.25, 0.3) is 0 Å². The number of rotatable bonds is 6. The van der Waals surface area contributed by atoms with Crippen molar-refractivity contribution in [3.63, 3.8) is 0 Å². The molecule has 1 saturated heterocycles. The fourth-order valence-electron chi connectivity index (χ4n) is 2.16. The number of carbonyl (C=O) groups is 1. The van der Waals surface area contributed by atoms with Crippen molar-refractivity contribution in [3.05, 3.63) is 0 Å². The molecule has 18 heavy (non-hydrogen) atoms. The molecular weight excluding hydrogens is 268 g/mol. The lowest BCUT2D eigenvalue weighted by molar-refractivity contribution is -0.131. The van der Waals surface area contributed by atoms with Crippen molar-refractivity contribution in [2.24, 2.45) is 5.73 Å². The molecule has 1 fully saturated rings. The van der Waals surface area contributed by atoms with E-state index in [2.05, 4.69) is 13.8 Å². The summed E-state index contributed by atoms with van der Waals surface area (Å²) in [5, 5.41) is 0. The van der Waals surface area contributed by atoms with Gasteiger partial charge in [0.2, 0.25) is 5.91 Å². The number of hydrogen-bond acceptors (Lipinski definition) is 3. The van der Waals surface area contributed by atoms with Crippen LogP contribution in [0, 0.1) is 0 Å². The van der Waals surface area contributed by atoms with Gasteiger partial charge in [-0.1, -0.05) is 12.8 Å². The van der Waals surface area contributed by atoms with Crippen LogP contribution in [0.3, 0.4) is 0 Å². The van der Waals surface area contributed by atoms with E-state index >= 15 is 0 Å². The minimum Gasteiger partial charge on any atom is -0.341 e. The Morgan fingerprint density at radius 3 is 2.56 bits per heavy atom. The van der Waals surface area contributed by atoms with E-state index in [1.165, 1.54) is 0 Å². The van der Waals surface area contributed by atoms with E-state index in [4.69, 9.17) is 5.73 Å². The van der Waals surface area contributed by atoms with E-state index in [9.17, 15) is 4.79 Å². The SMILES string of the molecule is CC1(C)CN(C(=O)CCCCCCN)CCS1.Cl. The quantitative estimate of drug-likeness (QED) is 0.766. The van der Waals surface area contributed by atoms with E-state index in [1.807, 2.05) is 16.7 Å². The van der Waals surface area contributed by atoms with E-state index in [0.29, 0.717) is 12.3 Å². The molecule has 0 aromatic rings. The Balaban J connectivity index is 0.00000289. The Hall–Kier alpha value is 0.0700. The highest BCUT2D eigenvalue weighted by Crippen LogP contribution is 2.29. The van der Waals surface area contributed by atoms with Crippen LogP contribution in [0.2, 0.25) is 0 Å². The van der Waals surface area contributed by atoms with Gasteiger partial charge >= 0.3 is 0 Å². The molecule has 108 valence electrons. The molecular formula is C13H27ClN2OS. The van der Waals surface area contributed by atoms with Gasteiger partial charge in [-0.3, -0.25) is 4.79 Å². The topological polar surface area (TPSA) is 46.3 Å². The van der Waals surface area contributed by atoms with Crippen LogP contribution in [0.15, 0.2) is 0 Å². The number of thioether (sulfide) groups is 1. The highest BCUT2D eigenvalue weighted by atomic mass is 35.5. The second-order valence-electron chi connectivity index (χ2n) is 5.38. The number of nitrogens with two attached hydrogens (primary N) is 1. The first kappa shape index (κ1) is 18.1. The van der Waals surface area contributed by atoms with Gasteiger partial charge in [-0.15, -0.1) is 12.4 Å². The van der Waals surface area contributed by atoms with E-state index < -0.39 is 0 Å². The fourth-order valence-corrected chi connectivity index (χ4v) is 3.27. The third kappa shape index (κ3) is 6.86. The average Bonchev–Trinajstić information content (AvgIpc) is 2.27. The molecule has 1 aliphatic heterocycles. The normalized spacial score (nSPS) is 18.3. The number of amides is 1. The van der Waals surface area contributed by atoms with Gasteiger partial charge in [-0.25, -0.2) is 0 Å². The smallest absolute Gasteiger partial charge is 0.222 e. The predicted octanol–water partition coefficient (Wildman–Crippen LogP) is 2.67. The van der Waals surface area contributed by atoms with E-state index in [0.717, 1.165) is 51.1 Å². The van der Waals surface area contributed by atoms with Gasteiger partial charge in [-0.2, -0.15) is 11.8 Å². The third-order valence-electron chi connectivity index (χ3n) is 3.12. The van der Waals surface area contributed by atoms with Crippen molar-refractivity contribution in [1.82, 2.24) is 4.90 Å². The van der Waals surface area contributed by atoms with Crippen molar-refractivity contribution in [2.45, 2.75) is 50.7 Å². The molecule has 0 aromatic heterocycles. The first-order valence-electron chi connectivity index (χ1n) is 6.67. The summed E-state index contributed by atoms with van der Waals surface area (Å²) in [6, 6.07) is 0. The summed E-state index contributed by atoms with van der Waals surface area (Å²) >= 11 is 1.97. The van der Waals surface area contributed by atoms with Crippen LogP contribution in [-0.2, 0) is 4.79 Å². The molecule has 0 bridgehead atoms. The van der Waals surface area contributed by atoms with E-state index in [-0.39, 0.29) is 17.2 Å². The number of carbonyl (C=O) groups excluding carboxylic acids is 1. The number of unbranched alkanes of at least 4 members (excludes halogenated alkanes) is 3. The van der Waals surface area contributed by atoms with Crippen LogP contribution in [0.1, 0.15) is 46.0 Å². The summed E-state index contributed by atoms with van der Waals surface area (Å²) in [7, 11) is 0. The van der Waals surface area contributed by atoms with Gasteiger partial charge in [-0.05, 0) is 33.2 Å². The van der Waals surface area contributed by atoms with Crippen molar-refractivity contribution in [3.8, 4) is 0 Å². The summed E-state index contributed by atoms with van der Waals surface area (Å²) in [5.74, 6) is 1.41.